The van der Waals surface area contributed by atoms with Crippen molar-refractivity contribution in [3.8, 4) is 0 Å². The van der Waals surface area contributed by atoms with Crippen molar-refractivity contribution in [2.75, 3.05) is 13.6 Å². The minimum Gasteiger partial charge on any atom is -0.460 e. The quantitative estimate of drug-likeness (QED) is 0.836. The lowest BCUT2D eigenvalue weighted by atomic mass is 10.1. The Morgan fingerprint density at radius 1 is 1.30 bits per heavy atom. The van der Waals surface area contributed by atoms with Crippen molar-refractivity contribution in [1.82, 2.24) is 5.32 Å². The zero-order chi connectivity index (χ0) is 17.0. The molecule has 0 radical (unpaired) electrons. The molecule has 23 heavy (non-hydrogen) atoms. The lowest BCUT2D eigenvalue weighted by molar-refractivity contribution is -0.886. The lowest BCUT2D eigenvalue weighted by Gasteiger charge is -2.18. The van der Waals surface area contributed by atoms with Gasteiger partial charge in [0.1, 0.15) is 12.3 Å². The molecular formula is C17H21Cl2N2O2+. The number of carbonyl (C=O) groups is 1. The first-order valence-corrected chi connectivity index (χ1v) is 8.21. The van der Waals surface area contributed by atoms with E-state index in [4.69, 9.17) is 27.6 Å². The van der Waals surface area contributed by atoms with Gasteiger partial charge in [-0.1, -0.05) is 29.3 Å². The molecule has 1 heterocycles. The number of quaternary nitrogens is 1. The Hall–Kier alpha value is -1.49. The number of hydrogen-bond donors (Lipinski definition) is 2. The van der Waals surface area contributed by atoms with E-state index in [9.17, 15) is 4.79 Å². The summed E-state index contributed by atoms with van der Waals surface area (Å²) in [4.78, 5) is 13.2. The third-order valence-electron chi connectivity index (χ3n) is 3.54. The zero-order valence-corrected chi connectivity index (χ0v) is 15.0. The van der Waals surface area contributed by atoms with Crippen molar-refractivity contribution in [2.45, 2.75) is 26.4 Å². The Morgan fingerprint density at radius 2 is 2.04 bits per heavy atom. The molecule has 124 valence electrons. The fourth-order valence-electron chi connectivity index (χ4n) is 2.44. The fraction of sp³-hybridized carbons (Fsp3) is 0.353. The van der Waals surface area contributed by atoms with Crippen molar-refractivity contribution in [2.24, 2.45) is 0 Å². The molecule has 0 saturated heterocycles. The highest BCUT2D eigenvalue weighted by Crippen LogP contribution is 2.25. The minimum absolute atomic E-state index is 0.0377. The summed E-state index contributed by atoms with van der Waals surface area (Å²) in [5.74, 6) is 1.72. The van der Waals surface area contributed by atoms with Crippen LogP contribution in [0, 0.1) is 6.92 Å². The molecule has 1 amide bonds. The molecular weight excluding hydrogens is 335 g/mol. The van der Waals surface area contributed by atoms with Crippen LogP contribution < -0.4 is 10.2 Å². The van der Waals surface area contributed by atoms with E-state index in [0.717, 1.165) is 22.0 Å². The molecule has 4 nitrogen and oxygen atoms in total. The number of benzene rings is 1. The SMILES string of the molecule is Cc1ccc(C[NH+](C)CC(=O)N[C@@H](C)c2ccc(Cl)cc2Cl)o1. The van der Waals surface area contributed by atoms with Crippen LogP contribution in [0.25, 0.3) is 0 Å². The molecule has 1 aromatic heterocycles. The molecule has 0 bridgehead atoms. The van der Waals surface area contributed by atoms with Crippen molar-refractivity contribution < 1.29 is 14.1 Å². The maximum atomic E-state index is 12.2. The first-order chi connectivity index (χ1) is 10.8. The summed E-state index contributed by atoms with van der Waals surface area (Å²) >= 11 is 12.1. The van der Waals surface area contributed by atoms with E-state index in [2.05, 4.69) is 5.32 Å². The van der Waals surface area contributed by atoms with Crippen LogP contribution >= 0.6 is 23.2 Å². The second kappa shape index (κ2) is 7.86. The van der Waals surface area contributed by atoms with E-state index in [0.29, 0.717) is 23.1 Å². The first-order valence-electron chi connectivity index (χ1n) is 7.46. The summed E-state index contributed by atoms with van der Waals surface area (Å²) in [7, 11) is 1.96. The molecule has 0 spiro atoms. The van der Waals surface area contributed by atoms with E-state index >= 15 is 0 Å². The number of likely N-dealkylation sites (N-methyl/N-ethyl adjacent to an activating group) is 1. The van der Waals surface area contributed by atoms with Crippen LogP contribution in [0.1, 0.15) is 30.0 Å². The van der Waals surface area contributed by atoms with Crippen LogP contribution in [-0.4, -0.2) is 19.5 Å². The number of nitrogens with one attached hydrogen (secondary N) is 2. The van der Waals surface area contributed by atoms with Gasteiger partial charge in [0.2, 0.25) is 0 Å². The van der Waals surface area contributed by atoms with Gasteiger partial charge in [0, 0.05) is 10.0 Å². The van der Waals surface area contributed by atoms with Crippen LogP contribution in [0.3, 0.4) is 0 Å². The zero-order valence-electron chi connectivity index (χ0n) is 13.5. The monoisotopic (exact) mass is 355 g/mol. The van der Waals surface area contributed by atoms with Crippen LogP contribution in [-0.2, 0) is 11.3 Å². The van der Waals surface area contributed by atoms with Gasteiger partial charge in [0.25, 0.3) is 5.91 Å². The standard InChI is InChI=1S/C17H20Cl2N2O2/c1-11-4-6-14(23-11)9-21(3)10-17(22)20-12(2)15-7-5-13(18)8-16(15)19/h4-8,12H,9-10H2,1-3H3,(H,20,22)/p+1/t12-/m0/s1. The maximum absolute atomic E-state index is 12.2. The second-order valence-electron chi connectivity index (χ2n) is 5.78. The lowest BCUT2D eigenvalue weighted by Crippen LogP contribution is -3.08. The van der Waals surface area contributed by atoms with Crippen molar-refractivity contribution >= 4 is 29.1 Å². The second-order valence-corrected chi connectivity index (χ2v) is 6.62. The van der Waals surface area contributed by atoms with Gasteiger partial charge in [-0.3, -0.25) is 4.79 Å². The van der Waals surface area contributed by atoms with Gasteiger partial charge in [-0.25, -0.2) is 0 Å². The van der Waals surface area contributed by atoms with Crippen LogP contribution in [0.2, 0.25) is 10.0 Å². The molecule has 0 fully saturated rings. The summed E-state index contributed by atoms with van der Waals surface area (Å²) in [6, 6.07) is 8.96. The summed E-state index contributed by atoms with van der Waals surface area (Å²) in [6.07, 6.45) is 0. The first kappa shape index (κ1) is 17.9. The highest BCUT2D eigenvalue weighted by Gasteiger charge is 2.17. The Bertz CT molecular complexity index is 685. The third-order valence-corrected chi connectivity index (χ3v) is 4.10. The van der Waals surface area contributed by atoms with Crippen molar-refractivity contribution in [3.63, 3.8) is 0 Å². The Balaban J connectivity index is 1.88. The molecule has 0 saturated carbocycles. The molecule has 0 aliphatic carbocycles. The molecule has 2 atom stereocenters. The molecule has 6 heteroatoms. The van der Waals surface area contributed by atoms with Gasteiger partial charge in [-0.2, -0.15) is 0 Å². The summed E-state index contributed by atoms with van der Waals surface area (Å²) < 4.78 is 5.53. The molecule has 2 N–H and O–H groups in total. The number of hydrogen-bond acceptors (Lipinski definition) is 2. The Labute approximate surface area is 146 Å². The third kappa shape index (κ3) is 5.27. The number of halogens is 2. The molecule has 1 aromatic carbocycles. The molecule has 2 aromatic rings. The average molecular weight is 356 g/mol. The molecule has 1 unspecified atom stereocenters. The summed E-state index contributed by atoms with van der Waals surface area (Å²) in [6.45, 7) is 4.83. The van der Waals surface area contributed by atoms with E-state index < -0.39 is 0 Å². The van der Waals surface area contributed by atoms with Gasteiger partial charge in [0.15, 0.2) is 12.3 Å². The smallest absolute Gasteiger partial charge is 0.275 e. The molecule has 0 aliphatic rings. The molecule has 0 aliphatic heterocycles. The van der Waals surface area contributed by atoms with Crippen LogP contribution in [0.4, 0.5) is 0 Å². The van der Waals surface area contributed by atoms with Crippen LogP contribution in [0.15, 0.2) is 34.7 Å². The minimum atomic E-state index is -0.175. The highest BCUT2D eigenvalue weighted by atomic mass is 35.5. The van der Waals surface area contributed by atoms with E-state index in [1.807, 2.05) is 39.1 Å². The van der Waals surface area contributed by atoms with E-state index in [1.54, 1.807) is 12.1 Å². The predicted molar refractivity (Wildman–Crippen MR) is 91.9 cm³/mol. The molecule has 2 rings (SSSR count). The van der Waals surface area contributed by atoms with E-state index in [-0.39, 0.29) is 11.9 Å². The summed E-state index contributed by atoms with van der Waals surface area (Å²) in [5, 5.41) is 4.09. The van der Waals surface area contributed by atoms with Gasteiger partial charge >= 0.3 is 0 Å². The van der Waals surface area contributed by atoms with Crippen molar-refractivity contribution in [1.29, 1.82) is 0 Å². The maximum Gasteiger partial charge on any atom is 0.275 e. The number of amides is 1. The highest BCUT2D eigenvalue weighted by molar-refractivity contribution is 6.35. The fourth-order valence-corrected chi connectivity index (χ4v) is 3.01. The topological polar surface area (TPSA) is 46.7 Å². The number of furan rings is 1. The van der Waals surface area contributed by atoms with Gasteiger partial charge in [0.05, 0.1) is 13.1 Å². The van der Waals surface area contributed by atoms with Gasteiger partial charge in [-0.05, 0) is 43.7 Å². The Kier molecular flexibility index (Phi) is 6.10. The summed E-state index contributed by atoms with van der Waals surface area (Å²) in [5.41, 5.74) is 0.851. The van der Waals surface area contributed by atoms with Crippen LogP contribution in [0.5, 0.6) is 0 Å². The van der Waals surface area contributed by atoms with Gasteiger partial charge < -0.3 is 14.6 Å². The predicted octanol–water partition coefficient (Wildman–Crippen LogP) is 2.79. The Morgan fingerprint density at radius 3 is 2.65 bits per heavy atom. The normalized spacial score (nSPS) is 13.6. The average Bonchev–Trinajstić information content (AvgIpc) is 2.83. The largest absolute Gasteiger partial charge is 0.460 e. The number of rotatable bonds is 6. The number of carbonyl (C=O) groups excluding carboxylic acids is 1. The van der Waals surface area contributed by atoms with Crippen molar-refractivity contribution in [3.05, 3.63) is 57.5 Å². The van der Waals surface area contributed by atoms with Gasteiger partial charge in [-0.15, -0.1) is 0 Å². The number of aryl methyl sites for hydroxylation is 1. The van der Waals surface area contributed by atoms with E-state index in [1.165, 1.54) is 0 Å².